The predicted octanol–water partition coefficient (Wildman–Crippen LogP) is 4.20. The molecule has 0 spiro atoms. The van der Waals surface area contributed by atoms with Crippen molar-refractivity contribution in [3.05, 3.63) is 81.7 Å². The van der Waals surface area contributed by atoms with Crippen LogP contribution in [0, 0.1) is 13.8 Å². The van der Waals surface area contributed by atoms with Crippen LogP contribution in [0.25, 0.3) is 0 Å². The van der Waals surface area contributed by atoms with E-state index >= 15 is 0 Å². The van der Waals surface area contributed by atoms with Crippen LogP contribution in [0.3, 0.4) is 0 Å². The summed E-state index contributed by atoms with van der Waals surface area (Å²) < 4.78 is 16.0. The number of esters is 1. The molecule has 0 radical (unpaired) electrons. The van der Waals surface area contributed by atoms with Crippen LogP contribution in [0.5, 0.6) is 5.75 Å². The lowest BCUT2D eigenvalue weighted by Gasteiger charge is -2.38. The Hall–Kier alpha value is -3.36. The summed E-state index contributed by atoms with van der Waals surface area (Å²) in [5.74, 6) is 0.962. The summed E-state index contributed by atoms with van der Waals surface area (Å²) >= 11 is 6.36. The number of rotatable bonds is 7. The highest BCUT2D eigenvalue weighted by Gasteiger charge is 2.33. The van der Waals surface area contributed by atoms with Crippen LogP contribution in [-0.4, -0.2) is 60.1 Å². The van der Waals surface area contributed by atoms with Gasteiger partial charge in [-0.25, -0.2) is 4.79 Å². The number of carbonyl (C=O) groups excluding carboxylic acids is 2. The van der Waals surface area contributed by atoms with Crippen LogP contribution in [-0.2, 0) is 16.1 Å². The molecule has 184 valence electrons. The molecule has 0 saturated carbocycles. The van der Waals surface area contributed by atoms with E-state index in [-0.39, 0.29) is 11.9 Å². The van der Waals surface area contributed by atoms with Gasteiger partial charge in [-0.15, -0.1) is 0 Å². The van der Waals surface area contributed by atoms with E-state index in [4.69, 9.17) is 25.6 Å². The number of carbonyl (C=O) groups is 2. The van der Waals surface area contributed by atoms with E-state index in [2.05, 4.69) is 5.16 Å². The number of hydrogen-bond acceptors (Lipinski definition) is 7. The molecule has 2 aromatic carbocycles. The molecule has 4 rings (SSSR count). The number of methoxy groups -OCH3 is 1. The molecule has 1 aliphatic rings. The van der Waals surface area contributed by atoms with Crippen LogP contribution in [0.1, 0.15) is 39.0 Å². The molecule has 9 heteroatoms. The van der Waals surface area contributed by atoms with Crippen molar-refractivity contribution in [3.63, 3.8) is 0 Å². The van der Waals surface area contributed by atoms with Gasteiger partial charge in [-0.3, -0.25) is 9.69 Å². The number of aromatic nitrogens is 1. The lowest BCUT2D eigenvalue weighted by atomic mass is 10.0. The number of aryl methyl sites for hydroxylation is 2. The van der Waals surface area contributed by atoms with Crippen molar-refractivity contribution in [1.82, 2.24) is 15.0 Å². The Balaban J connectivity index is 1.37. The van der Waals surface area contributed by atoms with Gasteiger partial charge in [-0.1, -0.05) is 35.0 Å². The molecule has 2 heterocycles. The van der Waals surface area contributed by atoms with Gasteiger partial charge in [-0.05, 0) is 49.7 Å². The number of nitrogens with zero attached hydrogens (tertiary/aromatic N) is 3. The molecule has 1 amide bonds. The quantitative estimate of drug-likeness (QED) is 0.452. The van der Waals surface area contributed by atoms with Gasteiger partial charge in [0.05, 0.1) is 18.4 Å². The van der Waals surface area contributed by atoms with Crippen molar-refractivity contribution in [2.45, 2.75) is 26.5 Å². The number of benzene rings is 2. The van der Waals surface area contributed by atoms with Gasteiger partial charge in [0.2, 0.25) is 0 Å². The van der Waals surface area contributed by atoms with Gasteiger partial charge in [0.15, 0.2) is 0 Å². The molecule has 0 N–H and O–H groups in total. The van der Waals surface area contributed by atoms with Gasteiger partial charge in [-0.2, -0.15) is 0 Å². The summed E-state index contributed by atoms with van der Waals surface area (Å²) in [7, 11) is 1.37. The summed E-state index contributed by atoms with van der Waals surface area (Å²) in [6.07, 6.45) is 0. The molecule has 1 unspecified atom stereocenters. The molecule has 0 aliphatic carbocycles. The highest BCUT2D eigenvalue weighted by molar-refractivity contribution is 6.31. The molecule has 35 heavy (non-hydrogen) atoms. The zero-order chi connectivity index (χ0) is 24.9. The molecule has 8 nitrogen and oxygen atoms in total. The molecule has 1 saturated heterocycles. The Labute approximate surface area is 209 Å². The lowest BCUT2D eigenvalue weighted by Crippen LogP contribution is -2.51. The van der Waals surface area contributed by atoms with E-state index < -0.39 is 6.04 Å². The van der Waals surface area contributed by atoms with Crippen LogP contribution < -0.4 is 4.74 Å². The maximum absolute atomic E-state index is 13.1. The number of piperazine rings is 1. The Kier molecular flexibility index (Phi) is 7.73. The minimum Gasteiger partial charge on any atom is -0.489 e. The van der Waals surface area contributed by atoms with Gasteiger partial charge < -0.3 is 18.9 Å². The summed E-state index contributed by atoms with van der Waals surface area (Å²) in [6.45, 7) is 6.09. The Morgan fingerprint density at radius 2 is 1.74 bits per heavy atom. The normalized spacial score (nSPS) is 15.0. The second kappa shape index (κ2) is 10.9. The largest absolute Gasteiger partial charge is 0.489 e. The molecule has 3 aromatic rings. The standard InChI is InChI=1S/C26H28ClN3O5/c1-17-22(18(2)35-28-17)16-34-20-10-8-19(9-11-20)25(31)30-14-12-29(13-15-30)24(26(32)33-3)21-6-4-5-7-23(21)27/h4-11,24H,12-16H2,1-3H3. The van der Waals surface area contributed by atoms with E-state index in [0.29, 0.717) is 54.7 Å². The Bertz CT molecular complexity index is 1170. The van der Waals surface area contributed by atoms with Gasteiger partial charge in [0.25, 0.3) is 5.91 Å². The molecule has 1 fully saturated rings. The summed E-state index contributed by atoms with van der Waals surface area (Å²) in [4.78, 5) is 29.4. The fourth-order valence-electron chi connectivity index (χ4n) is 4.20. The van der Waals surface area contributed by atoms with E-state index in [9.17, 15) is 9.59 Å². The first-order chi connectivity index (χ1) is 16.9. The van der Waals surface area contributed by atoms with Crippen molar-refractivity contribution in [1.29, 1.82) is 0 Å². The fraction of sp³-hybridized carbons (Fsp3) is 0.346. The monoisotopic (exact) mass is 497 g/mol. The predicted molar refractivity (Wildman–Crippen MR) is 130 cm³/mol. The average Bonchev–Trinajstić information content (AvgIpc) is 3.21. The van der Waals surface area contributed by atoms with Crippen molar-refractivity contribution < 1.29 is 23.6 Å². The minimum atomic E-state index is -0.611. The zero-order valence-corrected chi connectivity index (χ0v) is 20.7. The van der Waals surface area contributed by atoms with E-state index in [1.165, 1.54) is 7.11 Å². The second-order valence-electron chi connectivity index (χ2n) is 8.39. The average molecular weight is 498 g/mol. The first-order valence-electron chi connectivity index (χ1n) is 11.4. The molecular formula is C26H28ClN3O5. The van der Waals surface area contributed by atoms with Crippen LogP contribution in [0.2, 0.25) is 5.02 Å². The topological polar surface area (TPSA) is 85.1 Å². The maximum Gasteiger partial charge on any atom is 0.327 e. The number of ether oxygens (including phenoxy) is 2. The highest BCUT2D eigenvalue weighted by Crippen LogP contribution is 2.30. The molecule has 1 aromatic heterocycles. The fourth-order valence-corrected chi connectivity index (χ4v) is 4.44. The third kappa shape index (κ3) is 5.49. The van der Waals surface area contributed by atoms with Crippen molar-refractivity contribution >= 4 is 23.5 Å². The Morgan fingerprint density at radius 1 is 1.06 bits per heavy atom. The van der Waals surface area contributed by atoms with Crippen LogP contribution in [0.4, 0.5) is 0 Å². The van der Waals surface area contributed by atoms with E-state index in [1.54, 1.807) is 35.2 Å². The van der Waals surface area contributed by atoms with Crippen molar-refractivity contribution in [2.75, 3.05) is 33.3 Å². The first kappa shape index (κ1) is 24.8. The summed E-state index contributed by atoms with van der Waals surface area (Å²) in [5.41, 5.74) is 3.01. The smallest absolute Gasteiger partial charge is 0.327 e. The van der Waals surface area contributed by atoms with E-state index in [1.807, 2.05) is 36.9 Å². The van der Waals surface area contributed by atoms with Gasteiger partial charge >= 0.3 is 5.97 Å². The second-order valence-corrected chi connectivity index (χ2v) is 8.80. The molecule has 0 bridgehead atoms. The Morgan fingerprint density at radius 3 is 2.34 bits per heavy atom. The third-order valence-electron chi connectivity index (χ3n) is 6.26. The lowest BCUT2D eigenvalue weighted by molar-refractivity contribution is -0.148. The van der Waals surface area contributed by atoms with E-state index in [0.717, 1.165) is 17.0 Å². The van der Waals surface area contributed by atoms with Gasteiger partial charge in [0.1, 0.15) is 24.2 Å². The number of hydrogen-bond donors (Lipinski definition) is 0. The summed E-state index contributed by atoms with van der Waals surface area (Å²) in [5, 5.41) is 4.44. The molecule has 1 atom stereocenters. The zero-order valence-electron chi connectivity index (χ0n) is 20.0. The van der Waals surface area contributed by atoms with Gasteiger partial charge in [0, 0.05) is 36.8 Å². The third-order valence-corrected chi connectivity index (χ3v) is 6.60. The summed E-state index contributed by atoms with van der Waals surface area (Å²) in [6, 6.07) is 13.7. The van der Waals surface area contributed by atoms with Crippen molar-refractivity contribution in [3.8, 4) is 5.75 Å². The highest BCUT2D eigenvalue weighted by atomic mass is 35.5. The molecular weight excluding hydrogens is 470 g/mol. The minimum absolute atomic E-state index is 0.0608. The number of halogens is 1. The molecule has 1 aliphatic heterocycles. The first-order valence-corrected chi connectivity index (χ1v) is 11.8. The van der Waals surface area contributed by atoms with Crippen LogP contribution >= 0.6 is 11.6 Å². The van der Waals surface area contributed by atoms with Crippen molar-refractivity contribution in [2.24, 2.45) is 0 Å². The van der Waals surface area contributed by atoms with Crippen LogP contribution in [0.15, 0.2) is 53.1 Å². The maximum atomic E-state index is 13.1. The number of amides is 1. The SMILES string of the molecule is COC(=O)C(c1ccccc1Cl)N1CCN(C(=O)c2ccc(OCc3c(C)noc3C)cc2)CC1.